The first-order valence-electron chi connectivity index (χ1n) is 6.68. The molecule has 7 heteroatoms. The van der Waals surface area contributed by atoms with E-state index in [1.807, 2.05) is 6.92 Å². The van der Waals surface area contributed by atoms with Crippen LogP contribution < -0.4 is 5.32 Å². The Kier molecular flexibility index (Phi) is 3.54. The third-order valence-electron chi connectivity index (χ3n) is 3.25. The van der Waals surface area contributed by atoms with Gasteiger partial charge in [-0.15, -0.1) is 0 Å². The molecule has 0 bridgehead atoms. The quantitative estimate of drug-likeness (QED) is 0.727. The van der Waals surface area contributed by atoms with Crippen molar-refractivity contribution in [3.63, 3.8) is 0 Å². The first kappa shape index (κ1) is 14.1. The van der Waals surface area contributed by atoms with Gasteiger partial charge in [-0.25, -0.2) is 18.7 Å². The average molecular weight is 302 g/mol. The number of fused-ring (bicyclic) bond motifs is 1. The number of nitrogens with one attached hydrogen (secondary N) is 2. The van der Waals surface area contributed by atoms with Gasteiger partial charge in [0.15, 0.2) is 0 Å². The normalized spacial score (nSPS) is 10.9. The highest BCUT2D eigenvalue weighted by Gasteiger charge is 2.23. The Morgan fingerprint density at radius 3 is 2.68 bits per heavy atom. The van der Waals surface area contributed by atoms with Crippen LogP contribution in [0.5, 0.6) is 0 Å². The second-order valence-electron chi connectivity index (χ2n) is 4.60. The summed E-state index contributed by atoms with van der Waals surface area (Å²) in [5.74, 6) is -2.12. The molecule has 2 heterocycles. The van der Waals surface area contributed by atoms with Crippen LogP contribution >= 0.6 is 0 Å². The molecule has 22 heavy (non-hydrogen) atoms. The van der Waals surface area contributed by atoms with Crippen molar-refractivity contribution in [2.45, 2.75) is 6.92 Å². The number of aromatic nitrogens is 3. The van der Waals surface area contributed by atoms with E-state index in [4.69, 9.17) is 0 Å². The van der Waals surface area contributed by atoms with E-state index < -0.39 is 23.0 Å². The van der Waals surface area contributed by atoms with Gasteiger partial charge in [-0.1, -0.05) is 6.07 Å². The van der Waals surface area contributed by atoms with E-state index in [2.05, 4.69) is 20.3 Å². The summed E-state index contributed by atoms with van der Waals surface area (Å²) in [6, 6.07) is 3.31. The number of aromatic amines is 1. The van der Waals surface area contributed by atoms with Crippen molar-refractivity contribution in [3.8, 4) is 0 Å². The molecule has 1 aromatic carbocycles. The molecule has 112 valence electrons. The summed E-state index contributed by atoms with van der Waals surface area (Å²) in [5.41, 5.74) is -0.0451. The highest BCUT2D eigenvalue weighted by atomic mass is 19.1. The predicted octanol–water partition coefficient (Wildman–Crippen LogP) is 2.90. The van der Waals surface area contributed by atoms with Crippen molar-refractivity contribution in [2.24, 2.45) is 0 Å². The van der Waals surface area contributed by atoms with E-state index in [-0.39, 0.29) is 5.56 Å². The molecular weight excluding hydrogens is 290 g/mol. The fourth-order valence-electron chi connectivity index (χ4n) is 2.29. The molecule has 0 unspecified atom stereocenters. The molecule has 2 N–H and O–H groups in total. The Balaban J connectivity index is 2.20. The first-order valence-corrected chi connectivity index (χ1v) is 6.68. The predicted molar refractivity (Wildman–Crippen MR) is 77.8 cm³/mol. The Labute approximate surface area is 124 Å². The summed E-state index contributed by atoms with van der Waals surface area (Å²) in [6.45, 7) is 2.46. The molecule has 5 nitrogen and oxygen atoms in total. The first-order chi connectivity index (χ1) is 10.6. The van der Waals surface area contributed by atoms with Crippen molar-refractivity contribution in [1.82, 2.24) is 15.0 Å². The summed E-state index contributed by atoms with van der Waals surface area (Å²) in [7, 11) is 0. The number of ketones is 1. The van der Waals surface area contributed by atoms with Crippen molar-refractivity contribution < 1.29 is 13.6 Å². The smallest absolute Gasteiger partial charge is 0.201 e. The Bertz CT molecular complexity index is 840. The lowest BCUT2D eigenvalue weighted by Gasteiger charge is -2.06. The van der Waals surface area contributed by atoms with Crippen molar-refractivity contribution >= 4 is 22.6 Å². The Morgan fingerprint density at radius 1 is 1.27 bits per heavy atom. The van der Waals surface area contributed by atoms with Gasteiger partial charge in [-0.3, -0.25) is 4.79 Å². The molecule has 0 atom stereocenters. The van der Waals surface area contributed by atoms with Gasteiger partial charge in [-0.05, 0) is 19.1 Å². The van der Waals surface area contributed by atoms with Gasteiger partial charge in [0, 0.05) is 12.7 Å². The number of hydrogen-bond donors (Lipinski definition) is 2. The van der Waals surface area contributed by atoms with E-state index >= 15 is 0 Å². The number of halogens is 2. The lowest BCUT2D eigenvalue weighted by atomic mass is 10.0. The second kappa shape index (κ2) is 5.51. The third-order valence-corrected chi connectivity index (χ3v) is 3.25. The lowest BCUT2D eigenvalue weighted by Crippen LogP contribution is -2.08. The molecule has 0 spiro atoms. The van der Waals surface area contributed by atoms with Gasteiger partial charge in [0.1, 0.15) is 29.4 Å². The minimum Gasteiger partial charge on any atom is -0.370 e. The number of anilines is 1. The number of carbonyl (C=O) groups excluding carboxylic acids is 1. The van der Waals surface area contributed by atoms with E-state index in [9.17, 15) is 13.6 Å². The largest absolute Gasteiger partial charge is 0.370 e. The van der Waals surface area contributed by atoms with Crippen LogP contribution in [-0.2, 0) is 0 Å². The monoisotopic (exact) mass is 302 g/mol. The number of H-pyrrole nitrogens is 1. The summed E-state index contributed by atoms with van der Waals surface area (Å²) in [4.78, 5) is 23.4. The van der Waals surface area contributed by atoms with Crippen LogP contribution in [0.15, 0.2) is 30.7 Å². The van der Waals surface area contributed by atoms with E-state index in [1.54, 1.807) is 0 Å². The van der Waals surface area contributed by atoms with E-state index in [1.165, 1.54) is 18.6 Å². The average Bonchev–Trinajstić information content (AvgIpc) is 2.92. The van der Waals surface area contributed by atoms with Crippen LogP contribution in [0.1, 0.15) is 22.8 Å². The van der Waals surface area contributed by atoms with E-state index in [0.717, 1.165) is 12.1 Å². The molecule has 0 saturated carbocycles. The summed E-state index contributed by atoms with van der Waals surface area (Å²) in [5, 5.41) is 3.42. The molecule has 0 aliphatic heterocycles. The van der Waals surface area contributed by atoms with Gasteiger partial charge >= 0.3 is 0 Å². The SMILES string of the molecule is CCNc1ncnc2[nH]cc(C(=O)c3c(F)cccc3F)c12. The minimum absolute atomic E-state index is 0.121. The molecule has 0 aliphatic carbocycles. The van der Waals surface area contributed by atoms with Gasteiger partial charge in [0.2, 0.25) is 5.78 Å². The third kappa shape index (κ3) is 2.20. The van der Waals surface area contributed by atoms with Gasteiger partial charge in [-0.2, -0.15) is 0 Å². The molecule has 0 aliphatic rings. The minimum atomic E-state index is -0.902. The Hall–Kier alpha value is -2.83. The van der Waals surface area contributed by atoms with E-state index in [0.29, 0.717) is 23.4 Å². The molecule has 3 rings (SSSR count). The number of rotatable bonds is 4. The van der Waals surface area contributed by atoms with Gasteiger partial charge in [0.05, 0.1) is 16.5 Å². The zero-order chi connectivity index (χ0) is 15.7. The van der Waals surface area contributed by atoms with Crippen LogP contribution in [0.3, 0.4) is 0 Å². The zero-order valence-electron chi connectivity index (χ0n) is 11.7. The summed E-state index contributed by atoms with van der Waals surface area (Å²) < 4.78 is 27.6. The molecule has 0 radical (unpaired) electrons. The van der Waals surface area contributed by atoms with Crippen LogP contribution in [-0.4, -0.2) is 27.3 Å². The maximum atomic E-state index is 13.8. The van der Waals surface area contributed by atoms with Gasteiger partial charge in [0.25, 0.3) is 0 Å². The van der Waals surface area contributed by atoms with Crippen molar-refractivity contribution in [3.05, 3.63) is 53.5 Å². The molecule has 0 amide bonds. The molecule has 3 aromatic rings. The van der Waals surface area contributed by atoms with Crippen LogP contribution in [0.25, 0.3) is 11.0 Å². The van der Waals surface area contributed by atoms with Crippen molar-refractivity contribution in [2.75, 3.05) is 11.9 Å². The molecule has 2 aromatic heterocycles. The molecule has 0 saturated heterocycles. The fraction of sp³-hybridized carbons (Fsp3) is 0.133. The highest BCUT2D eigenvalue weighted by Crippen LogP contribution is 2.27. The van der Waals surface area contributed by atoms with Crippen LogP contribution in [0.2, 0.25) is 0 Å². The number of carbonyl (C=O) groups is 1. The number of benzene rings is 1. The number of hydrogen-bond acceptors (Lipinski definition) is 4. The van der Waals surface area contributed by atoms with Gasteiger partial charge < -0.3 is 10.3 Å². The lowest BCUT2D eigenvalue weighted by molar-refractivity contribution is 0.103. The number of nitrogens with zero attached hydrogens (tertiary/aromatic N) is 2. The second-order valence-corrected chi connectivity index (χ2v) is 4.60. The standard InChI is InChI=1S/C15H12F2N4O/c1-2-18-14-11-8(6-19-15(11)21-7-20-14)13(22)12-9(16)4-3-5-10(12)17/h3-7H,2H2,1H3,(H2,18,19,20,21). The Morgan fingerprint density at radius 2 is 2.00 bits per heavy atom. The fourth-order valence-corrected chi connectivity index (χ4v) is 2.29. The maximum absolute atomic E-state index is 13.8. The highest BCUT2D eigenvalue weighted by molar-refractivity contribution is 6.18. The molecule has 0 fully saturated rings. The summed E-state index contributed by atoms with van der Waals surface area (Å²) >= 11 is 0. The van der Waals surface area contributed by atoms with Crippen LogP contribution in [0.4, 0.5) is 14.6 Å². The molecular formula is C15H12F2N4O. The zero-order valence-corrected chi connectivity index (χ0v) is 11.7. The van der Waals surface area contributed by atoms with Crippen molar-refractivity contribution in [1.29, 1.82) is 0 Å². The van der Waals surface area contributed by atoms with Crippen LogP contribution in [0, 0.1) is 11.6 Å². The summed E-state index contributed by atoms with van der Waals surface area (Å²) in [6.07, 6.45) is 2.73. The maximum Gasteiger partial charge on any atom is 0.201 e. The topological polar surface area (TPSA) is 70.7 Å².